The zero-order chi connectivity index (χ0) is 22.0. The van der Waals surface area contributed by atoms with Crippen molar-refractivity contribution >= 4 is 23.4 Å². The van der Waals surface area contributed by atoms with Crippen LogP contribution in [0.1, 0.15) is 26.0 Å². The van der Waals surface area contributed by atoms with Crippen molar-refractivity contribution < 1.29 is 28.3 Å². The Morgan fingerprint density at radius 3 is 2.74 bits per heavy atom. The molecular formula is C22H25N3O6. The predicted octanol–water partition coefficient (Wildman–Crippen LogP) is 1.82. The Morgan fingerprint density at radius 1 is 1.19 bits per heavy atom. The molecule has 3 amide bonds. The van der Waals surface area contributed by atoms with E-state index in [1.54, 1.807) is 35.2 Å². The Morgan fingerprint density at radius 2 is 2.00 bits per heavy atom. The zero-order valence-electron chi connectivity index (χ0n) is 17.4. The van der Waals surface area contributed by atoms with Gasteiger partial charge in [0, 0.05) is 24.7 Å². The summed E-state index contributed by atoms with van der Waals surface area (Å²) in [6.07, 6.45) is 1.62. The third-order valence-electron chi connectivity index (χ3n) is 5.43. The van der Waals surface area contributed by atoms with Gasteiger partial charge in [0.15, 0.2) is 11.5 Å². The Kier molecular flexibility index (Phi) is 5.83. The van der Waals surface area contributed by atoms with E-state index in [4.69, 9.17) is 13.9 Å². The van der Waals surface area contributed by atoms with Crippen LogP contribution in [-0.2, 0) is 20.9 Å². The molecule has 1 aromatic carbocycles. The van der Waals surface area contributed by atoms with Crippen LogP contribution in [0.2, 0.25) is 0 Å². The van der Waals surface area contributed by atoms with Gasteiger partial charge >= 0.3 is 0 Å². The SMILES string of the molecule is CC(C)[C@@H](NC(=O)C1CC(=O)N(c2ccc3c(c2)OCO3)C1)C(=O)NCc1ccco1. The van der Waals surface area contributed by atoms with Gasteiger partial charge in [-0.3, -0.25) is 14.4 Å². The van der Waals surface area contributed by atoms with Gasteiger partial charge in [-0.25, -0.2) is 0 Å². The van der Waals surface area contributed by atoms with Crippen molar-refractivity contribution in [1.82, 2.24) is 10.6 Å². The molecule has 2 atom stereocenters. The maximum absolute atomic E-state index is 12.9. The van der Waals surface area contributed by atoms with Crippen molar-refractivity contribution in [1.29, 1.82) is 0 Å². The summed E-state index contributed by atoms with van der Waals surface area (Å²) >= 11 is 0. The van der Waals surface area contributed by atoms with Crippen molar-refractivity contribution in [2.45, 2.75) is 32.9 Å². The molecule has 2 aliphatic heterocycles. The largest absolute Gasteiger partial charge is 0.467 e. The summed E-state index contributed by atoms with van der Waals surface area (Å²) in [6, 6.07) is 8.04. The third kappa shape index (κ3) is 4.50. The van der Waals surface area contributed by atoms with Crippen LogP contribution in [0, 0.1) is 11.8 Å². The van der Waals surface area contributed by atoms with Crippen LogP contribution in [0.4, 0.5) is 5.69 Å². The number of fused-ring (bicyclic) bond motifs is 1. The van der Waals surface area contributed by atoms with Crippen molar-refractivity contribution in [3.63, 3.8) is 0 Å². The topological polar surface area (TPSA) is 110 Å². The fraction of sp³-hybridized carbons (Fsp3) is 0.409. The molecule has 1 saturated heterocycles. The number of benzene rings is 1. The van der Waals surface area contributed by atoms with E-state index in [1.807, 2.05) is 13.8 Å². The monoisotopic (exact) mass is 427 g/mol. The van der Waals surface area contributed by atoms with Gasteiger partial charge in [-0.15, -0.1) is 0 Å². The molecule has 2 aromatic rings. The number of anilines is 1. The second-order valence-corrected chi connectivity index (χ2v) is 7.97. The Balaban J connectivity index is 1.37. The number of hydrogen-bond donors (Lipinski definition) is 2. The van der Waals surface area contributed by atoms with Crippen LogP contribution < -0.4 is 25.0 Å². The summed E-state index contributed by atoms with van der Waals surface area (Å²) in [4.78, 5) is 39.6. The lowest BCUT2D eigenvalue weighted by molar-refractivity contribution is -0.132. The highest BCUT2D eigenvalue weighted by Crippen LogP contribution is 2.37. The van der Waals surface area contributed by atoms with Crippen LogP contribution in [0.25, 0.3) is 0 Å². The molecule has 1 aromatic heterocycles. The van der Waals surface area contributed by atoms with E-state index < -0.39 is 12.0 Å². The molecule has 2 N–H and O–H groups in total. The number of carbonyl (C=O) groups excluding carboxylic acids is 3. The summed E-state index contributed by atoms with van der Waals surface area (Å²) < 4.78 is 15.9. The lowest BCUT2D eigenvalue weighted by Gasteiger charge is -2.23. The van der Waals surface area contributed by atoms with E-state index in [0.29, 0.717) is 22.9 Å². The molecule has 1 unspecified atom stereocenters. The number of amides is 3. The molecule has 31 heavy (non-hydrogen) atoms. The molecule has 0 bridgehead atoms. The van der Waals surface area contributed by atoms with E-state index in [0.717, 1.165) is 0 Å². The maximum atomic E-state index is 12.9. The summed E-state index contributed by atoms with van der Waals surface area (Å²) in [5.74, 6) is 0.404. The first-order valence-electron chi connectivity index (χ1n) is 10.2. The molecule has 0 spiro atoms. The number of ether oxygens (including phenoxy) is 2. The minimum absolute atomic E-state index is 0.0824. The van der Waals surface area contributed by atoms with Gasteiger partial charge in [-0.2, -0.15) is 0 Å². The summed E-state index contributed by atoms with van der Waals surface area (Å²) in [5, 5.41) is 5.60. The minimum atomic E-state index is -0.711. The molecule has 0 aliphatic carbocycles. The van der Waals surface area contributed by atoms with Crippen LogP contribution in [0.3, 0.4) is 0 Å². The number of carbonyl (C=O) groups is 3. The van der Waals surface area contributed by atoms with E-state index in [2.05, 4.69) is 10.6 Å². The highest BCUT2D eigenvalue weighted by Gasteiger charge is 2.37. The number of rotatable bonds is 7. The Bertz CT molecular complexity index is 972. The van der Waals surface area contributed by atoms with Gasteiger partial charge in [0.1, 0.15) is 11.8 Å². The summed E-state index contributed by atoms with van der Waals surface area (Å²) in [7, 11) is 0. The maximum Gasteiger partial charge on any atom is 0.243 e. The molecule has 0 saturated carbocycles. The van der Waals surface area contributed by atoms with E-state index in [1.165, 1.54) is 6.26 Å². The smallest absolute Gasteiger partial charge is 0.243 e. The van der Waals surface area contributed by atoms with Crippen molar-refractivity contribution in [3.8, 4) is 11.5 Å². The first-order chi connectivity index (χ1) is 14.9. The fourth-order valence-corrected chi connectivity index (χ4v) is 3.69. The predicted molar refractivity (Wildman–Crippen MR) is 110 cm³/mol. The molecule has 164 valence electrons. The van der Waals surface area contributed by atoms with Gasteiger partial charge in [0.2, 0.25) is 24.5 Å². The lowest BCUT2D eigenvalue weighted by Crippen LogP contribution is -2.51. The van der Waals surface area contributed by atoms with Crippen molar-refractivity contribution in [3.05, 3.63) is 42.4 Å². The second kappa shape index (κ2) is 8.71. The Labute approximate surface area is 179 Å². The molecule has 3 heterocycles. The molecule has 0 radical (unpaired) electrons. The quantitative estimate of drug-likeness (QED) is 0.698. The van der Waals surface area contributed by atoms with Crippen LogP contribution in [0.15, 0.2) is 41.0 Å². The van der Waals surface area contributed by atoms with E-state index in [9.17, 15) is 14.4 Å². The number of furan rings is 1. The molecule has 9 heteroatoms. The first kappa shape index (κ1) is 20.8. The van der Waals surface area contributed by atoms with Crippen molar-refractivity contribution in [2.24, 2.45) is 11.8 Å². The van der Waals surface area contributed by atoms with Crippen LogP contribution in [0.5, 0.6) is 11.5 Å². The second-order valence-electron chi connectivity index (χ2n) is 7.97. The van der Waals surface area contributed by atoms with Gasteiger partial charge in [0.25, 0.3) is 0 Å². The lowest BCUT2D eigenvalue weighted by atomic mass is 10.0. The zero-order valence-corrected chi connectivity index (χ0v) is 17.4. The van der Waals surface area contributed by atoms with Crippen LogP contribution in [-0.4, -0.2) is 37.1 Å². The number of hydrogen-bond acceptors (Lipinski definition) is 6. The average Bonchev–Trinajstić information content (AvgIpc) is 3.49. The molecular weight excluding hydrogens is 402 g/mol. The van der Waals surface area contributed by atoms with Gasteiger partial charge in [-0.05, 0) is 30.2 Å². The van der Waals surface area contributed by atoms with Crippen molar-refractivity contribution in [2.75, 3.05) is 18.2 Å². The molecule has 9 nitrogen and oxygen atoms in total. The summed E-state index contributed by atoms with van der Waals surface area (Å²) in [6.45, 7) is 4.34. The van der Waals surface area contributed by atoms with E-state index in [-0.39, 0.29) is 49.9 Å². The normalized spacial score (nSPS) is 18.4. The highest BCUT2D eigenvalue weighted by atomic mass is 16.7. The fourth-order valence-electron chi connectivity index (χ4n) is 3.69. The third-order valence-corrected chi connectivity index (χ3v) is 5.43. The minimum Gasteiger partial charge on any atom is -0.467 e. The van der Waals surface area contributed by atoms with Gasteiger partial charge in [0.05, 0.1) is 18.7 Å². The standard InChI is InChI=1S/C22H25N3O6/c1-13(2)20(22(28)23-10-16-4-3-7-29-16)24-21(27)14-8-19(26)25(11-14)15-5-6-17-18(9-15)31-12-30-17/h3-7,9,13-14,20H,8,10-12H2,1-2H3,(H,23,28)(H,24,27)/t14?,20-/m1/s1. The first-order valence-corrected chi connectivity index (χ1v) is 10.2. The van der Waals surface area contributed by atoms with Crippen LogP contribution >= 0.6 is 0 Å². The summed E-state index contributed by atoms with van der Waals surface area (Å²) in [5.41, 5.74) is 0.654. The number of nitrogens with zero attached hydrogens (tertiary/aromatic N) is 1. The molecule has 4 rings (SSSR count). The average molecular weight is 427 g/mol. The number of nitrogens with one attached hydrogen (secondary N) is 2. The highest BCUT2D eigenvalue weighted by molar-refractivity contribution is 6.01. The van der Waals surface area contributed by atoms with Gasteiger partial charge < -0.3 is 29.4 Å². The van der Waals surface area contributed by atoms with Gasteiger partial charge in [-0.1, -0.05) is 13.8 Å². The molecule has 2 aliphatic rings. The molecule has 1 fully saturated rings. The Hall–Kier alpha value is -3.49. The van der Waals surface area contributed by atoms with E-state index >= 15 is 0 Å².